The zero-order valence-electron chi connectivity index (χ0n) is 18.5. The fraction of sp³-hybridized carbons (Fsp3) is 0.810. The van der Waals surface area contributed by atoms with Crippen molar-refractivity contribution >= 4 is 0 Å². The predicted molar refractivity (Wildman–Crippen MR) is 110 cm³/mol. The largest absolute Gasteiger partial charge is 0.472 e. The third-order valence-corrected chi connectivity index (χ3v) is 6.79. The van der Waals surface area contributed by atoms with E-state index >= 15 is 0 Å². The van der Waals surface area contributed by atoms with Gasteiger partial charge in [-0.1, -0.05) is 12.2 Å². The Morgan fingerprint density at radius 2 is 1.26 bits per heavy atom. The minimum Gasteiger partial charge on any atom is -0.472 e. The second-order valence-corrected chi connectivity index (χ2v) is 9.02. The summed E-state index contributed by atoms with van der Waals surface area (Å²) < 4.78 is 27.6. The maximum absolute atomic E-state index is 10.5. The van der Waals surface area contributed by atoms with Crippen LogP contribution < -0.4 is 0 Å². The molecule has 0 radical (unpaired) electrons. The van der Waals surface area contributed by atoms with Gasteiger partial charge in [-0.25, -0.2) is 0 Å². The number of aliphatic hydroxyl groups excluding tert-OH is 9. The average Bonchev–Trinajstić information content (AvgIpc) is 3.25. The molecule has 3 aliphatic heterocycles. The van der Waals surface area contributed by atoms with Crippen molar-refractivity contribution in [2.45, 2.75) is 73.8 Å². The Balaban J connectivity index is 1.42. The first-order valence-electron chi connectivity index (χ1n) is 11.3. The average molecular weight is 508 g/mol. The van der Waals surface area contributed by atoms with Gasteiger partial charge >= 0.3 is 0 Å². The van der Waals surface area contributed by atoms with Crippen LogP contribution in [0.3, 0.4) is 0 Å². The van der Waals surface area contributed by atoms with E-state index in [9.17, 15) is 46.0 Å². The third-order valence-electron chi connectivity index (χ3n) is 6.79. The Labute approximate surface area is 199 Å². The molecule has 14 unspecified atom stereocenters. The Kier molecular flexibility index (Phi) is 8.44. The summed E-state index contributed by atoms with van der Waals surface area (Å²) >= 11 is 0. The topological polar surface area (TPSA) is 228 Å². The molecular weight excluding hydrogens is 476 g/mol. The highest BCUT2D eigenvalue weighted by Crippen LogP contribution is 2.41. The molecule has 0 aromatic carbocycles. The lowest BCUT2D eigenvalue weighted by molar-refractivity contribution is -0.340. The fourth-order valence-electron chi connectivity index (χ4n) is 4.71. The standard InChI is InChI=1S/C21H32O14/c22-3-10-13(25)15(27)17(29)20(33-10)32-6-7-5-31-19(8-1-2-9(24)12(7)8)35-21-18(30)16(28)14(26)11(4-23)34-21/h1-2,5,8-30H,3-4,6H2. The van der Waals surface area contributed by atoms with Crippen molar-refractivity contribution in [2.24, 2.45) is 11.8 Å². The number of hydrogen-bond acceptors (Lipinski definition) is 14. The van der Waals surface area contributed by atoms with Crippen LogP contribution in [0.1, 0.15) is 0 Å². The summed E-state index contributed by atoms with van der Waals surface area (Å²) in [6.07, 6.45) is -12.3. The van der Waals surface area contributed by atoms with Crippen LogP contribution in [0.15, 0.2) is 24.0 Å². The predicted octanol–water partition coefficient (Wildman–Crippen LogP) is -4.98. The summed E-state index contributed by atoms with van der Waals surface area (Å²) in [6.45, 7) is -1.45. The Hall–Kier alpha value is -1.24. The van der Waals surface area contributed by atoms with Crippen LogP contribution in [-0.2, 0) is 23.7 Å². The van der Waals surface area contributed by atoms with Crippen molar-refractivity contribution < 1.29 is 69.6 Å². The van der Waals surface area contributed by atoms with Gasteiger partial charge in [-0.2, -0.15) is 0 Å². The smallest absolute Gasteiger partial charge is 0.208 e. The van der Waals surface area contributed by atoms with Gasteiger partial charge in [0.1, 0.15) is 48.8 Å². The minimum atomic E-state index is -1.63. The van der Waals surface area contributed by atoms with Gasteiger partial charge in [0.05, 0.1) is 32.2 Å². The van der Waals surface area contributed by atoms with Gasteiger partial charge in [0, 0.05) is 11.8 Å². The normalized spacial score (nSPS) is 49.9. The third kappa shape index (κ3) is 5.13. The molecule has 2 saturated heterocycles. The van der Waals surface area contributed by atoms with Crippen LogP contribution in [-0.4, -0.2) is 140 Å². The summed E-state index contributed by atoms with van der Waals surface area (Å²) in [7, 11) is 0. The highest BCUT2D eigenvalue weighted by molar-refractivity contribution is 5.23. The number of ether oxygens (including phenoxy) is 5. The molecule has 0 spiro atoms. The van der Waals surface area contributed by atoms with E-state index in [0.29, 0.717) is 5.57 Å². The van der Waals surface area contributed by atoms with Crippen molar-refractivity contribution in [1.82, 2.24) is 0 Å². The molecule has 0 bridgehead atoms. The first-order valence-corrected chi connectivity index (χ1v) is 11.3. The number of hydrogen-bond donors (Lipinski definition) is 9. The second kappa shape index (κ2) is 11.0. The molecule has 4 aliphatic rings. The van der Waals surface area contributed by atoms with Crippen LogP contribution in [0.4, 0.5) is 0 Å². The van der Waals surface area contributed by atoms with E-state index < -0.39 is 98.9 Å². The van der Waals surface area contributed by atoms with E-state index in [1.807, 2.05) is 0 Å². The Bertz CT molecular complexity index is 773. The molecule has 1 aliphatic carbocycles. The minimum absolute atomic E-state index is 0.213. The first kappa shape index (κ1) is 26.8. The van der Waals surface area contributed by atoms with Crippen LogP contribution in [0.25, 0.3) is 0 Å². The van der Waals surface area contributed by atoms with Crippen LogP contribution >= 0.6 is 0 Å². The quantitative estimate of drug-likeness (QED) is 0.147. The summed E-state index contributed by atoms with van der Waals surface area (Å²) in [5.74, 6) is -1.20. The lowest BCUT2D eigenvalue weighted by atomic mass is 9.85. The molecule has 14 heteroatoms. The van der Waals surface area contributed by atoms with Crippen molar-refractivity contribution in [3.8, 4) is 0 Å². The fourth-order valence-corrected chi connectivity index (χ4v) is 4.71. The lowest BCUT2D eigenvalue weighted by Gasteiger charge is -2.43. The van der Waals surface area contributed by atoms with Crippen LogP contribution in [0.5, 0.6) is 0 Å². The molecule has 0 aromatic rings. The monoisotopic (exact) mass is 508 g/mol. The maximum atomic E-state index is 10.5. The van der Waals surface area contributed by atoms with Gasteiger partial charge in [-0.15, -0.1) is 0 Å². The Morgan fingerprint density at radius 1 is 0.686 bits per heavy atom. The van der Waals surface area contributed by atoms with Crippen molar-refractivity contribution in [3.63, 3.8) is 0 Å². The lowest BCUT2D eigenvalue weighted by Crippen LogP contribution is -2.60. The maximum Gasteiger partial charge on any atom is 0.208 e. The molecule has 14 atom stereocenters. The number of aliphatic hydroxyl groups is 9. The molecule has 35 heavy (non-hydrogen) atoms. The molecule has 200 valence electrons. The highest BCUT2D eigenvalue weighted by atomic mass is 16.8. The molecular formula is C21H32O14. The molecule has 3 heterocycles. The van der Waals surface area contributed by atoms with E-state index in [-0.39, 0.29) is 6.61 Å². The van der Waals surface area contributed by atoms with Crippen molar-refractivity contribution in [1.29, 1.82) is 0 Å². The molecule has 0 aromatic heterocycles. The second-order valence-electron chi connectivity index (χ2n) is 9.02. The zero-order chi connectivity index (χ0) is 25.4. The molecule has 14 nitrogen and oxygen atoms in total. The van der Waals surface area contributed by atoms with Crippen molar-refractivity contribution in [2.75, 3.05) is 19.8 Å². The molecule has 4 rings (SSSR count). The molecule has 9 N–H and O–H groups in total. The van der Waals surface area contributed by atoms with Gasteiger partial charge < -0.3 is 69.6 Å². The van der Waals surface area contributed by atoms with E-state index in [2.05, 4.69) is 0 Å². The van der Waals surface area contributed by atoms with Crippen molar-refractivity contribution in [3.05, 3.63) is 24.0 Å². The molecule has 0 saturated carbocycles. The van der Waals surface area contributed by atoms with Gasteiger partial charge in [-0.3, -0.25) is 0 Å². The van der Waals surface area contributed by atoms with Gasteiger partial charge in [-0.05, 0) is 5.57 Å². The SMILES string of the molecule is OCC1OC(OCC2=COC(OC3OC(CO)C(O)C(O)C3O)C3C=CC(O)C23)C(O)C(O)C1O. The molecule has 2 fully saturated rings. The van der Waals surface area contributed by atoms with Crippen LogP contribution in [0, 0.1) is 11.8 Å². The van der Waals surface area contributed by atoms with Gasteiger partial charge in [0.2, 0.25) is 6.29 Å². The van der Waals surface area contributed by atoms with E-state index in [4.69, 9.17) is 23.7 Å². The summed E-state index contributed by atoms with van der Waals surface area (Å²) in [6, 6.07) is 0. The number of fused-ring (bicyclic) bond motifs is 1. The zero-order valence-corrected chi connectivity index (χ0v) is 18.5. The molecule has 0 amide bonds. The highest BCUT2D eigenvalue weighted by Gasteiger charge is 2.49. The van der Waals surface area contributed by atoms with Gasteiger partial charge in [0.25, 0.3) is 0 Å². The summed E-state index contributed by atoms with van der Waals surface area (Å²) in [4.78, 5) is 0. The number of rotatable bonds is 7. The Morgan fingerprint density at radius 3 is 1.86 bits per heavy atom. The van der Waals surface area contributed by atoms with E-state index in [0.717, 1.165) is 0 Å². The first-order chi connectivity index (χ1) is 16.7. The van der Waals surface area contributed by atoms with Crippen LogP contribution in [0.2, 0.25) is 0 Å². The summed E-state index contributed by atoms with van der Waals surface area (Å²) in [5, 5.41) is 89.3. The van der Waals surface area contributed by atoms with E-state index in [1.165, 1.54) is 12.3 Å². The summed E-state index contributed by atoms with van der Waals surface area (Å²) in [5.41, 5.74) is 0.443. The van der Waals surface area contributed by atoms with Gasteiger partial charge in [0.15, 0.2) is 12.6 Å². The van der Waals surface area contributed by atoms with E-state index in [1.54, 1.807) is 6.08 Å².